The molecule has 0 radical (unpaired) electrons. The summed E-state index contributed by atoms with van der Waals surface area (Å²) in [5.74, 6) is -0.0952. The predicted octanol–water partition coefficient (Wildman–Crippen LogP) is 2.16. The van der Waals surface area contributed by atoms with Crippen molar-refractivity contribution in [2.24, 2.45) is 5.92 Å². The van der Waals surface area contributed by atoms with Crippen LogP contribution in [-0.4, -0.2) is 15.9 Å². The first-order valence-corrected chi connectivity index (χ1v) is 6.35. The number of allylic oxidation sites excluding steroid dienone is 2. The van der Waals surface area contributed by atoms with E-state index in [1.54, 1.807) is 0 Å². The van der Waals surface area contributed by atoms with Crippen LogP contribution >= 0.6 is 0 Å². The van der Waals surface area contributed by atoms with E-state index in [9.17, 15) is 4.21 Å². The van der Waals surface area contributed by atoms with Crippen LogP contribution in [-0.2, 0) is 10.8 Å². The third kappa shape index (κ3) is 2.15. The van der Waals surface area contributed by atoms with Crippen LogP contribution in [0, 0.1) is 12.8 Å². The topological polar surface area (TPSA) is 37.3 Å². The summed E-state index contributed by atoms with van der Waals surface area (Å²) < 4.78 is 12.2. The zero-order valence-electron chi connectivity index (χ0n) is 9.09. The van der Waals surface area contributed by atoms with Gasteiger partial charge in [-0.3, -0.25) is 0 Å². The van der Waals surface area contributed by atoms with Gasteiger partial charge in [0.05, 0.1) is 17.4 Å². The van der Waals surface area contributed by atoms with Crippen molar-refractivity contribution in [2.75, 3.05) is 6.61 Å². The second-order valence-electron chi connectivity index (χ2n) is 3.82. The number of aliphatic hydroxyl groups is 1. The van der Waals surface area contributed by atoms with Crippen molar-refractivity contribution < 1.29 is 9.32 Å². The van der Waals surface area contributed by atoms with E-state index in [1.807, 2.05) is 49.4 Å². The van der Waals surface area contributed by atoms with Crippen LogP contribution in [0.3, 0.4) is 0 Å². The van der Waals surface area contributed by atoms with Crippen LogP contribution in [0.1, 0.15) is 5.56 Å². The average Bonchev–Trinajstić information content (AvgIpc) is 2.77. The molecule has 1 aromatic rings. The molecule has 0 aliphatic heterocycles. The minimum Gasteiger partial charge on any atom is -0.395 e. The lowest BCUT2D eigenvalue weighted by atomic mass is 10.2. The van der Waals surface area contributed by atoms with E-state index < -0.39 is 10.8 Å². The second kappa shape index (κ2) is 4.76. The summed E-state index contributed by atoms with van der Waals surface area (Å²) in [7, 11) is -1.16. The fourth-order valence-electron chi connectivity index (χ4n) is 1.65. The molecule has 0 bridgehead atoms. The summed E-state index contributed by atoms with van der Waals surface area (Å²) >= 11 is 0. The Labute approximate surface area is 97.8 Å². The highest BCUT2D eigenvalue weighted by atomic mass is 32.2. The minimum absolute atomic E-state index is 0.0138. The third-order valence-electron chi connectivity index (χ3n) is 2.62. The van der Waals surface area contributed by atoms with Crippen LogP contribution in [0.2, 0.25) is 0 Å². The molecule has 1 aliphatic rings. The number of hydrogen-bond acceptors (Lipinski definition) is 2. The Morgan fingerprint density at radius 2 is 2.00 bits per heavy atom. The maximum absolute atomic E-state index is 12.2. The zero-order valence-corrected chi connectivity index (χ0v) is 9.91. The molecular weight excluding hydrogens is 220 g/mol. The first kappa shape index (κ1) is 11.3. The van der Waals surface area contributed by atoms with E-state index in [-0.39, 0.29) is 12.5 Å². The molecule has 1 aliphatic carbocycles. The minimum atomic E-state index is -1.16. The number of benzene rings is 1. The highest BCUT2D eigenvalue weighted by Gasteiger charge is 2.20. The first-order chi connectivity index (χ1) is 7.72. The first-order valence-electron chi connectivity index (χ1n) is 5.20. The summed E-state index contributed by atoms with van der Waals surface area (Å²) in [6.45, 7) is 2.01. The Morgan fingerprint density at radius 1 is 1.31 bits per heavy atom. The van der Waals surface area contributed by atoms with E-state index in [4.69, 9.17) is 5.11 Å². The molecule has 0 aromatic heterocycles. The van der Waals surface area contributed by atoms with Crippen molar-refractivity contribution in [3.8, 4) is 0 Å². The Kier molecular flexibility index (Phi) is 3.36. The molecule has 0 spiro atoms. The summed E-state index contributed by atoms with van der Waals surface area (Å²) in [4.78, 5) is 1.57. The monoisotopic (exact) mass is 234 g/mol. The molecule has 0 saturated carbocycles. The van der Waals surface area contributed by atoms with Gasteiger partial charge in [0.2, 0.25) is 0 Å². The van der Waals surface area contributed by atoms with Crippen LogP contribution in [0.5, 0.6) is 0 Å². The largest absolute Gasteiger partial charge is 0.395 e. The Bertz CT molecular complexity index is 457. The standard InChI is InChI=1S/C13H14O2S/c1-10-5-7-12(8-6-10)16(15)13-4-2-3-11(13)9-14/h2-8,11,14H,9H2,1H3. The molecule has 2 rings (SSSR count). The van der Waals surface area contributed by atoms with Gasteiger partial charge in [0.25, 0.3) is 0 Å². The van der Waals surface area contributed by atoms with E-state index >= 15 is 0 Å². The molecule has 0 heterocycles. The molecule has 1 aromatic carbocycles. The summed E-state index contributed by atoms with van der Waals surface area (Å²) in [6.07, 6.45) is 5.56. The summed E-state index contributed by atoms with van der Waals surface area (Å²) in [6, 6.07) is 7.65. The smallest absolute Gasteiger partial charge is 0.0815 e. The lowest BCUT2D eigenvalue weighted by Gasteiger charge is -2.10. The number of hydrogen-bond donors (Lipinski definition) is 1. The maximum atomic E-state index is 12.2. The predicted molar refractivity (Wildman–Crippen MR) is 65.4 cm³/mol. The molecule has 3 heteroatoms. The Morgan fingerprint density at radius 3 is 2.62 bits per heavy atom. The van der Waals surface area contributed by atoms with E-state index in [2.05, 4.69) is 0 Å². The maximum Gasteiger partial charge on any atom is 0.0815 e. The summed E-state index contributed by atoms with van der Waals surface area (Å²) in [5.41, 5.74) is 1.15. The SMILES string of the molecule is Cc1ccc(S(=O)C2=CC=CC2CO)cc1. The van der Waals surface area contributed by atoms with Gasteiger partial charge < -0.3 is 5.11 Å². The number of aryl methyl sites for hydroxylation is 1. The molecule has 2 unspecified atom stereocenters. The van der Waals surface area contributed by atoms with Gasteiger partial charge in [0.15, 0.2) is 0 Å². The molecule has 16 heavy (non-hydrogen) atoms. The van der Waals surface area contributed by atoms with Crippen molar-refractivity contribution in [1.29, 1.82) is 0 Å². The van der Waals surface area contributed by atoms with Gasteiger partial charge in [0.1, 0.15) is 0 Å². The molecule has 2 nitrogen and oxygen atoms in total. The van der Waals surface area contributed by atoms with Gasteiger partial charge in [-0.2, -0.15) is 0 Å². The van der Waals surface area contributed by atoms with E-state index in [1.165, 1.54) is 0 Å². The zero-order chi connectivity index (χ0) is 11.5. The van der Waals surface area contributed by atoms with Crippen LogP contribution in [0.15, 0.2) is 52.3 Å². The van der Waals surface area contributed by atoms with Crippen molar-refractivity contribution >= 4 is 10.8 Å². The number of aliphatic hydroxyl groups excluding tert-OH is 1. The Balaban J connectivity index is 2.23. The molecule has 1 N–H and O–H groups in total. The fraction of sp³-hybridized carbons (Fsp3) is 0.231. The van der Waals surface area contributed by atoms with Crippen molar-refractivity contribution in [3.05, 3.63) is 53.0 Å². The molecular formula is C13H14O2S. The van der Waals surface area contributed by atoms with Crippen molar-refractivity contribution in [1.82, 2.24) is 0 Å². The highest BCUT2D eigenvalue weighted by molar-refractivity contribution is 7.89. The van der Waals surface area contributed by atoms with E-state index in [0.717, 1.165) is 15.4 Å². The van der Waals surface area contributed by atoms with Crippen LogP contribution in [0.4, 0.5) is 0 Å². The molecule has 2 atom stereocenters. The molecule has 0 fully saturated rings. The molecule has 0 amide bonds. The van der Waals surface area contributed by atoms with Gasteiger partial charge in [-0.25, -0.2) is 4.21 Å². The second-order valence-corrected chi connectivity index (χ2v) is 5.31. The van der Waals surface area contributed by atoms with Crippen molar-refractivity contribution in [2.45, 2.75) is 11.8 Å². The quantitative estimate of drug-likeness (QED) is 0.870. The van der Waals surface area contributed by atoms with Gasteiger partial charge in [0, 0.05) is 15.7 Å². The van der Waals surface area contributed by atoms with Gasteiger partial charge in [-0.15, -0.1) is 0 Å². The van der Waals surface area contributed by atoms with Gasteiger partial charge in [-0.05, 0) is 25.1 Å². The highest BCUT2D eigenvalue weighted by Crippen LogP contribution is 2.26. The van der Waals surface area contributed by atoms with Gasteiger partial charge >= 0.3 is 0 Å². The fourth-order valence-corrected chi connectivity index (χ4v) is 2.94. The molecule has 0 saturated heterocycles. The Hall–Kier alpha value is -1.19. The average molecular weight is 234 g/mol. The third-order valence-corrected chi connectivity index (χ3v) is 4.18. The lowest BCUT2D eigenvalue weighted by molar-refractivity contribution is 0.273. The number of rotatable bonds is 3. The lowest BCUT2D eigenvalue weighted by Crippen LogP contribution is -2.08. The normalized spacial score (nSPS) is 20.9. The van der Waals surface area contributed by atoms with Crippen molar-refractivity contribution in [3.63, 3.8) is 0 Å². The summed E-state index contributed by atoms with van der Waals surface area (Å²) in [5, 5.41) is 9.15. The van der Waals surface area contributed by atoms with E-state index in [0.29, 0.717) is 0 Å². The van der Waals surface area contributed by atoms with Gasteiger partial charge in [-0.1, -0.05) is 29.8 Å². The van der Waals surface area contributed by atoms with Crippen LogP contribution < -0.4 is 0 Å². The molecule has 84 valence electrons. The van der Waals surface area contributed by atoms with Crippen LogP contribution in [0.25, 0.3) is 0 Å².